The molecule has 106 valence electrons. The van der Waals surface area contributed by atoms with Crippen LogP contribution in [0, 0.1) is 5.41 Å². The summed E-state index contributed by atoms with van der Waals surface area (Å²) in [5.74, 6) is 4.05. The van der Waals surface area contributed by atoms with Crippen LogP contribution in [0.3, 0.4) is 0 Å². The highest BCUT2D eigenvalue weighted by Gasteiger charge is 2.32. The van der Waals surface area contributed by atoms with Crippen LogP contribution in [0.15, 0.2) is 18.2 Å². The number of rotatable bonds is 4. The number of ether oxygens (including phenoxy) is 2. The number of anilines is 1. The quantitative estimate of drug-likeness (QED) is 0.912. The van der Waals surface area contributed by atoms with Crippen molar-refractivity contribution >= 4 is 17.4 Å². The summed E-state index contributed by atoms with van der Waals surface area (Å²) in [7, 11) is 3.36. The molecular weight excluding hydrogens is 258 g/mol. The number of hydrogen-bond acceptors (Lipinski definition) is 4. The summed E-state index contributed by atoms with van der Waals surface area (Å²) in [6.45, 7) is 4.67. The van der Waals surface area contributed by atoms with E-state index in [1.165, 1.54) is 12.2 Å². The third-order valence-electron chi connectivity index (χ3n) is 3.86. The second kappa shape index (κ2) is 5.95. The van der Waals surface area contributed by atoms with Gasteiger partial charge < -0.3 is 14.8 Å². The molecule has 1 saturated heterocycles. The summed E-state index contributed by atoms with van der Waals surface area (Å²) in [6, 6.07) is 6.39. The molecule has 1 fully saturated rings. The predicted molar refractivity (Wildman–Crippen MR) is 82.7 cm³/mol. The second-order valence-corrected chi connectivity index (χ2v) is 6.73. The van der Waals surface area contributed by atoms with Gasteiger partial charge in [0.25, 0.3) is 0 Å². The largest absolute Gasteiger partial charge is 0.497 e. The van der Waals surface area contributed by atoms with Crippen LogP contribution in [-0.2, 0) is 0 Å². The van der Waals surface area contributed by atoms with Crippen molar-refractivity contribution in [2.75, 3.05) is 31.0 Å². The summed E-state index contributed by atoms with van der Waals surface area (Å²) < 4.78 is 10.7. The smallest absolute Gasteiger partial charge is 0.145 e. The Morgan fingerprint density at radius 2 is 2.05 bits per heavy atom. The summed E-state index contributed by atoms with van der Waals surface area (Å²) in [5.41, 5.74) is 1.36. The molecule has 0 bridgehead atoms. The van der Waals surface area contributed by atoms with Crippen LogP contribution < -0.4 is 14.8 Å². The zero-order valence-electron chi connectivity index (χ0n) is 12.2. The second-order valence-electron chi connectivity index (χ2n) is 5.58. The molecule has 0 amide bonds. The van der Waals surface area contributed by atoms with E-state index >= 15 is 0 Å². The Balaban J connectivity index is 2.18. The van der Waals surface area contributed by atoms with Crippen LogP contribution in [0.25, 0.3) is 0 Å². The van der Waals surface area contributed by atoms with Crippen molar-refractivity contribution in [1.82, 2.24) is 0 Å². The van der Waals surface area contributed by atoms with E-state index in [4.69, 9.17) is 9.47 Å². The summed E-state index contributed by atoms with van der Waals surface area (Å²) in [6.07, 6.45) is 1.24. The molecule has 1 aromatic rings. The van der Waals surface area contributed by atoms with Crippen LogP contribution in [0.1, 0.15) is 20.3 Å². The van der Waals surface area contributed by atoms with Gasteiger partial charge in [0.05, 0.1) is 19.9 Å². The number of methoxy groups -OCH3 is 2. The third-order valence-corrected chi connectivity index (χ3v) is 4.92. The minimum atomic E-state index is 0.316. The fourth-order valence-corrected chi connectivity index (χ4v) is 3.89. The van der Waals surface area contributed by atoms with Gasteiger partial charge in [-0.15, -0.1) is 0 Å². The Labute approximate surface area is 120 Å². The minimum Gasteiger partial charge on any atom is -0.497 e. The molecule has 1 atom stereocenters. The molecule has 4 heteroatoms. The molecule has 0 radical (unpaired) electrons. The molecule has 0 spiro atoms. The Morgan fingerprint density at radius 1 is 1.26 bits per heavy atom. The number of hydrogen-bond donors (Lipinski definition) is 1. The van der Waals surface area contributed by atoms with Gasteiger partial charge in [0.1, 0.15) is 11.5 Å². The van der Waals surface area contributed by atoms with Gasteiger partial charge in [-0.25, -0.2) is 0 Å². The van der Waals surface area contributed by atoms with Crippen LogP contribution in [0.2, 0.25) is 0 Å². The molecule has 19 heavy (non-hydrogen) atoms. The fourth-order valence-electron chi connectivity index (χ4n) is 2.28. The van der Waals surface area contributed by atoms with Gasteiger partial charge in [-0.3, -0.25) is 0 Å². The first-order valence-electron chi connectivity index (χ1n) is 6.63. The molecule has 2 rings (SSSR count). The van der Waals surface area contributed by atoms with Crippen molar-refractivity contribution in [2.24, 2.45) is 5.41 Å². The van der Waals surface area contributed by atoms with E-state index in [0.717, 1.165) is 22.9 Å². The van der Waals surface area contributed by atoms with Gasteiger partial charge in [0, 0.05) is 17.9 Å². The predicted octanol–water partition coefficient (Wildman–Crippen LogP) is 3.65. The molecule has 1 heterocycles. The van der Waals surface area contributed by atoms with Gasteiger partial charge >= 0.3 is 0 Å². The highest BCUT2D eigenvalue weighted by atomic mass is 32.2. The summed E-state index contributed by atoms with van der Waals surface area (Å²) in [4.78, 5) is 0. The van der Waals surface area contributed by atoms with Crippen LogP contribution >= 0.6 is 11.8 Å². The van der Waals surface area contributed by atoms with Gasteiger partial charge in [-0.05, 0) is 29.7 Å². The zero-order chi connectivity index (χ0) is 13.9. The lowest BCUT2D eigenvalue weighted by Gasteiger charge is -2.39. The van der Waals surface area contributed by atoms with Crippen molar-refractivity contribution in [2.45, 2.75) is 26.3 Å². The van der Waals surface area contributed by atoms with E-state index in [0.29, 0.717) is 11.5 Å². The molecule has 0 aromatic heterocycles. The minimum absolute atomic E-state index is 0.316. The lowest BCUT2D eigenvalue weighted by molar-refractivity contribution is 0.304. The van der Waals surface area contributed by atoms with Crippen molar-refractivity contribution in [3.63, 3.8) is 0 Å². The van der Waals surface area contributed by atoms with Crippen LogP contribution in [-0.4, -0.2) is 31.8 Å². The van der Waals surface area contributed by atoms with E-state index in [-0.39, 0.29) is 0 Å². The maximum absolute atomic E-state index is 5.45. The average Bonchev–Trinajstić information content (AvgIpc) is 2.41. The highest BCUT2D eigenvalue weighted by molar-refractivity contribution is 7.99. The maximum atomic E-state index is 5.45. The maximum Gasteiger partial charge on any atom is 0.145 e. The highest BCUT2D eigenvalue weighted by Crippen LogP contribution is 2.38. The SMILES string of the molecule is COc1ccc(NC2CSCCC2(C)C)c(OC)c1. The number of nitrogens with one attached hydrogen (secondary N) is 1. The standard InChI is InChI=1S/C15H23NO2S/c1-15(2)7-8-19-10-14(15)16-12-6-5-11(17-3)9-13(12)18-4/h5-6,9,14,16H,7-8,10H2,1-4H3. The van der Waals surface area contributed by atoms with Gasteiger partial charge in [0.2, 0.25) is 0 Å². The molecule has 1 unspecified atom stereocenters. The fraction of sp³-hybridized carbons (Fsp3) is 0.600. The first-order chi connectivity index (χ1) is 9.06. The van der Waals surface area contributed by atoms with E-state index in [1.807, 2.05) is 30.0 Å². The normalized spacial score (nSPS) is 21.8. The Morgan fingerprint density at radius 3 is 2.68 bits per heavy atom. The first kappa shape index (κ1) is 14.4. The van der Waals surface area contributed by atoms with Crippen LogP contribution in [0.4, 0.5) is 5.69 Å². The zero-order valence-corrected chi connectivity index (χ0v) is 13.0. The molecule has 1 aromatic carbocycles. The van der Waals surface area contributed by atoms with Crippen molar-refractivity contribution in [1.29, 1.82) is 0 Å². The number of benzene rings is 1. The van der Waals surface area contributed by atoms with E-state index in [9.17, 15) is 0 Å². The Kier molecular flexibility index (Phi) is 4.50. The van der Waals surface area contributed by atoms with Crippen molar-refractivity contribution in [3.8, 4) is 11.5 Å². The Hall–Kier alpha value is -1.03. The van der Waals surface area contributed by atoms with Gasteiger partial charge in [-0.2, -0.15) is 11.8 Å². The molecule has 1 aliphatic heterocycles. The van der Waals surface area contributed by atoms with E-state index < -0.39 is 0 Å². The van der Waals surface area contributed by atoms with E-state index in [2.05, 4.69) is 19.2 Å². The molecule has 3 nitrogen and oxygen atoms in total. The topological polar surface area (TPSA) is 30.5 Å². The summed E-state index contributed by atoms with van der Waals surface area (Å²) >= 11 is 2.02. The number of thioether (sulfide) groups is 1. The van der Waals surface area contributed by atoms with Crippen LogP contribution in [0.5, 0.6) is 11.5 Å². The molecule has 0 saturated carbocycles. The van der Waals surface area contributed by atoms with Gasteiger partial charge in [0.15, 0.2) is 0 Å². The van der Waals surface area contributed by atoms with Crippen molar-refractivity contribution < 1.29 is 9.47 Å². The molecular formula is C15H23NO2S. The average molecular weight is 281 g/mol. The first-order valence-corrected chi connectivity index (χ1v) is 7.78. The summed E-state index contributed by atoms with van der Waals surface area (Å²) in [5, 5.41) is 3.64. The third kappa shape index (κ3) is 3.30. The molecule has 1 aliphatic rings. The lowest BCUT2D eigenvalue weighted by Crippen LogP contribution is -2.41. The van der Waals surface area contributed by atoms with E-state index in [1.54, 1.807) is 14.2 Å². The Bertz CT molecular complexity index is 434. The molecule has 1 N–H and O–H groups in total. The van der Waals surface area contributed by atoms with Gasteiger partial charge in [-0.1, -0.05) is 13.8 Å². The lowest BCUT2D eigenvalue weighted by atomic mass is 9.82. The van der Waals surface area contributed by atoms with Crippen molar-refractivity contribution in [3.05, 3.63) is 18.2 Å². The monoisotopic (exact) mass is 281 g/mol. The molecule has 0 aliphatic carbocycles.